The molecule has 1 aromatic rings. The molecule has 1 aliphatic carbocycles. The fourth-order valence-electron chi connectivity index (χ4n) is 2.70. The third-order valence-corrected chi connectivity index (χ3v) is 3.99. The van der Waals surface area contributed by atoms with Gasteiger partial charge >= 0.3 is 0 Å². The van der Waals surface area contributed by atoms with Crippen LogP contribution in [0.5, 0.6) is 0 Å². The molecule has 2 unspecified atom stereocenters. The van der Waals surface area contributed by atoms with Crippen LogP contribution in [0.2, 0.25) is 0 Å². The summed E-state index contributed by atoms with van der Waals surface area (Å²) in [4.78, 5) is 11.9. The van der Waals surface area contributed by atoms with Crippen molar-refractivity contribution in [3.63, 3.8) is 0 Å². The fourth-order valence-corrected chi connectivity index (χ4v) is 2.70. The molecule has 1 amide bonds. The Bertz CT molecular complexity index is 474. The average Bonchev–Trinajstić information content (AvgIpc) is 2.42. The number of carbonyl (C=O) groups excluding carboxylic acids is 1. The van der Waals surface area contributed by atoms with E-state index in [0.717, 1.165) is 24.1 Å². The van der Waals surface area contributed by atoms with E-state index in [1.807, 2.05) is 25.1 Å². The molecular formula is C16H24N2O2. The minimum Gasteiger partial charge on any atom is -0.398 e. The van der Waals surface area contributed by atoms with E-state index in [1.165, 1.54) is 12.8 Å². The molecule has 1 saturated carbocycles. The van der Waals surface area contributed by atoms with E-state index in [0.29, 0.717) is 11.6 Å². The fraction of sp³-hybridized carbons (Fsp3) is 0.562. The van der Waals surface area contributed by atoms with Gasteiger partial charge in [0.2, 0.25) is 5.91 Å². The Morgan fingerprint density at radius 3 is 3.00 bits per heavy atom. The predicted molar refractivity (Wildman–Crippen MR) is 81.6 cm³/mol. The summed E-state index contributed by atoms with van der Waals surface area (Å²) < 4.78 is 5.71. The van der Waals surface area contributed by atoms with E-state index in [2.05, 4.69) is 12.2 Å². The molecule has 0 spiro atoms. The summed E-state index contributed by atoms with van der Waals surface area (Å²) in [6.45, 7) is 4.26. The minimum absolute atomic E-state index is 0.114. The summed E-state index contributed by atoms with van der Waals surface area (Å²) in [5.74, 6) is 0.588. The lowest BCUT2D eigenvalue weighted by atomic mass is 9.89. The summed E-state index contributed by atoms with van der Waals surface area (Å²) in [6, 6.07) is 5.51. The van der Waals surface area contributed by atoms with Gasteiger partial charge < -0.3 is 15.8 Å². The largest absolute Gasteiger partial charge is 0.398 e. The van der Waals surface area contributed by atoms with E-state index in [4.69, 9.17) is 10.5 Å². The normalized spacial score (nSPS) is 22.5. The van der Waals surface area contributed by atoms with Crippen molar-refractivity contribution >= 4 is 17.3 Å². The van der Waals surface area contributed by atoms with E-state index in [-0.39, 0.29) is 18.6 Å². The first-order chi connectivity index (χ1) is 9.56. The maximum atomic E-state index is 11.9. The number of ether oxygens (including phenoxy) is 1. The van der Waals surface area contributed by atoms with Crippen LogP contribution in [-0.4, -0.2) is 18.6 Å². The van der Waals surface area contributed by atoms with Gasteiger partial charge in [0.05, 0.1) is 6.10 Å². The smallest absolute Gasteiger partial charge is 0.250 e. The molecule has 3 N–H and O–H groups in total. The van der Waals surface area contributed by atoms with Gasteiger partial charge in [0.15, 0.2) is 0 Å². The Morgan fingerprint density at radius 1 is 1.45 bits per heavy atom. The van der Waals surface area contributed by atoms with Gasteiger partial charge in [0, 0.05) is 11.4 Å². The third kappa shape index (κ3) is 3.97. The molecule has 0 bridgehead atoms. The highest BCUT2D eigenvalue weighted by Crippen LogP contribution is 2.25. The van der Waals surface area contributed by atoms with Crippen LogP contribution in [0.3, 0.4) is 0 Å². The molecule has 110 valence electrons. The molecule has 0 radical (unpaired) electrons. The first-order valence-electron chi connectivity index (χ1n) is 7.33. The lowest BCUT2D eigenvalue weighted by Gasteiger charge is -2.26. The molecule has 0 heterocycles. The molecule has 4 heteroatoms. The number of rotatable bonds is 4. The molecule has 2 atom stereocenters. The van der Waals surface area contributed by atoms with Gasteiger partial charge in [-0.3, -0.25) is 4.79 Å². The van der Waals surface area contributed by atoms with Gasteiger partial charge in [-0.25, -0.2) is 0 Å². The first kappa shape index (κ1) is 14.9. The van der Waals surface area contributed by atoms with Crippen LogP contribution >= 0.6 is 0 Å². The van der Waals surface area contributed by atoms with Gasteiger partial charge in [-0.05, 0) is 43.4 Å². The molecular weight excluding hydrogens is 252 g/mol. The summed E-state index contributed by atoms with van der Waals surface area (Å²) >= 11 is 0. The van der Waals surface area contributed by atoms with Crippen molar-refractivity contribution in [2.75, 3.05) is 17.7 Å². The predicted octanol–water partition coefficient (Wildman–Crippen LogP) is 3.11. The monoisotopic (exact) mass is 276 g/mol. The number of nitrogens with two attached hydrogens (primary N) is 1. The van der Waals surface area contributed by atoms with Crippen molar-refractivity contribution in [2.45, 2.75) is 45.6 Å². The SMILES string of the molecule is Cc1c(N)cccc1NC(=O)COC1CCCC(C)C1. The van der Waals surface area contributed by atoms with Crippen LogP contribution in [-0.2, 0) is 9.53 Å². The molecule has 0 aromatic heterocycles. The van der Waals surface area contributed by atoms with Crippen molar-refractivity contribution in [2.24, 2.45) is 5.92 Å². The van der Waals surface area contributed by atoms with E-state index in [1.54, 1.807) is 0 Å². The Hall–Kier alpha value is -1.55. The van der Waals surface area contributed by atoms with Crippen LogP contribution < -0.4 is 11.1 Å². The minimum atomic E-state index is -0.114. The van der Waals surface area contributed by atoms with E-state index < -0.39 is 0 Å². The van der Waals surface area contributed by atoms with Gasteiger partial charge in [0.25, 0.3) is 0 Å². The van der Waals surface area contributed by atoms with Crippen LogP contribution in [0.25, 0.3) is 0 Å². The maximum absolute atomic E-state index is 11.9. The summed E-state index contributed by atoms with van der Waals surface area (Å²) in [6.07, 6.45) is 4.82. The van der Waals surface area contributed by atoms with Crippen molar-refractivity contribution in [3.8, 4) is 0 Å². The Morgan fingerprint density at radius 2 is 2.25 bits per heavy atom. The van der Waals surface area contributed by atoms with Crippen molar-refractivity contribution in [1.82, 2.24) is 0 Å². The quantitative estimate of drug-likeness (QED) is 0.830. The highest BCUT2D eigenvalue weighted by Gasteiger charge is 2.20. The second kappa shape index (κ2) is 6.75. The summed E-state index contributed by atoms with van der Waals surface area (Å²) in [5.41, 5.74) is 8.16. The van der Waals surface area contributed by atoms with Crippen molar-refractivity contribution in [1.29, 1.82) is 0 Å². The number of benzene rings is 1. The van der Waals surface area contributed by atoms with Gasteiger partial charge in [-0.1, -0.05) is 25.8 Å². The molecule has 20 heavy (non-hydrogen) atoms. The number of carbonyl (C=O) groups is 1. The molecule has 1 fully saturated rings. The highest BCUT2D eigenvalue weighted by molar-refractivity contribution is 5.93. The van der Waals surface area contributed by atoms with Crippen molar-refractivity contribution in [3.05, 3.63) is 23.8 Å². The zero-order chi connectivity index (χ0) is 14.5. The zero-order valence-electron chi connectivity index (χ0n) is 12.3. The second-order valence-corrected chi connectivity index (χ2v) is 5.77. The molecule has 4 nitrogen and oxygen atoms in total. The van der Waals surface area contributed by atoms with Crippen molar-refractivity contribution < 1.29 is 9.53 Å². The van der Waals surface area contributed by atoms with Crippen LogP contribution in [0.1, 0.15) is 38.2 Å². The molecule has 1 aromatic carbocycles. The number of anilines is 2. The van der Waals surface area contributed by atoms with E-state index in [9.17, 15) is 4.79 Å². The maximum Gasteiger partial charge on any atom is 0.250 e. The Balaban J connectivity index is 1.82. The lowest BCUT2D eigenvalue weighted by Crippen LogP contribution is -2.27. The first-order valence-corrected chi connectivity index (χ1v) is 7.33. The third-order valence-electron chi connectivity index (χ3n) is 3.99. The summed E-state index contributed by atoms with van der Waals surface area (Å²) in [7, 11) is 0. The number of hydrogen-bond donors (Lipinski definition) is 2. The Labute approximate surface area is 120 Å². The standard InChI is InChI=1S/C16H24N2O2/c1-11-5-3-6-13(9-11)20-10-16(19)18-15-8-4-7-14(17)12(15)2/h4,7-8,11,13H,3,5-6,9-10,17H2,1-2H3,(H,18,19). The van der Waals surface area contributed by atoms with Gasteiger partial charge in [-0.2, -0.15) is 0 Å². The van der Waals surface area contributed by atoms with Gasteiger partial charge in [0.1, 0.15) is 6.61 Å². The lowest BCUT2D eigenvalue weighted by molar-refractivity contribution is -0.123. The highest BCUT2D eigenvalue weighted by atomic mass is 16.5. The zero-order valence-corrected chi connectivity index (χ0v) is 12.3. The van der Waals surface area contributed by atoms with Crippen LogP contribution in [0, 0.1) is 12.8 Å². The number of nitrogen functional groups attached to an aromatic ring is 1. The Kier molecular flexibility index (Phi) is 5.01. The number of hydrogen-bond acceptors (Lipinski definition) is 3. The number of nitrogens with one attached hydrogen (secondary N) is 1. The molecule has 2 rings (SSSR count). The van der Waals surface area contributed by atoms with Crippen LogP contribution in [0.15, 0.2) is 18.2 Å². The summed E-state index contributed by atoms with van der Waals surface area (Å²) in [5, 5.41) is 2.86. The van der Waals surface area contributed by atoms with Crippen LogP contribution in [0.4, 0.5) is 11.4 Å². The molecule has 0 saturated heterocycles. The van der Waals surface area contributed by atoms with E-state index >= 15 is 0 Å². The molecule has 1 aliphatic rings. The molecule has 0 aliphatic heterocycles. The topological polar surface area (TPSA) is 64.3 Å². The average molecular weight is 276 g/mol. The number of amides is 1. The van der Waals surface area contributed by atoms with Gasteiger partial charge in [-0.15, -0.1) is 0 Å². The second-order valence-electron chi connectivity index (χ2n) is 5.77.